The van der Waals surface area contributed by atoms with Crippen LogP contribution in [0.15, 0.2) is 30.6 Å². The zero-order chi connectivity index (χ0) is 16.6. The summed E-state index contributed by atoms with van der Waals surface area (Å²) in [5.74, 6) is -0.122. The van der Waals surface area contributed by atoms with Gasteiger partial charge in [-0.05, 0) is 38.3 Å². The molecule has 120 valence electrons. The lowest BCUT2D eigenvalue weighted by Gasteiger charge is -2.19. The van der Waals surface area contributed by atoms with Gasteiger partial charge in [-0.15, -0.1) is 0 Å². The first-order valence-corrected chi connectivity index (χ1v) is 7.73. The first-order valence-electron chi connectivity index (χ1n) is 7.73. The number of hydrogen-bond donors (Lipinski definition) is 0. The lowest BCUT2D eigenvalue weighted by atomic mass is 9.99. The highest BCUT2D eigenvalue weighted by molar-refractivity contribution is 6.02. The van der Waals surface area contributed by atoms with E-state index in [9.17, 15) is 9.59 Å². The Bertz CT molecular complexity index is 769. The van der Waals surface area contributed by atoms with Crippen LogP contribution in [0.2, 0.25) is 0 Å². The minimum atomic E-state index is -0.506. The molecule has 0 bridgehead atoms. The van der Waals surface area contributed by atoms with E-state index < -0.39 is 5.60 Å². The van der Waals surface area contributed by atoms with E-state index >= 15 is 0 Å². The zero-order valence-electron chi connectivity index (χ0n) is 13.6. The summed E-state index contributed by atoms with van der Waals surface area (Å²) < 4.78 is 6.87. The van der Waals surface area contributed by atoms with Crippen molar-refractivity contribution in [2.75, 3.05) is 0 Å². The highest BCUT2D eigenvalue weighted by Gasteiger charge is 2.23. The van der Waals surface area contributed by atoms with Crippen molar-refractivity contribution >= 4 is 11.8 Å². The largest absolute Gasteiger partial charge is 0.459 e. The van der Waals surface area contributed by atoms with E-state index in [-0.39, 0.29) is 18.3 Å². The fourth-order valence-electron chi connectivity index (χ4n) is 2.86. The van der Waals surface area contributed by atoms with Gasteiger partial charge >= 0.3 is 5.97 Å². The molecule has 1 aliphatic carbocycles. The third-order valence-corrected chi connectivity index (χ3v) is 3.73. The summed E-state index contributed by atoms with van der Waals surface area (Å²) >= 11 is 0. The first-order chi connectivity index (χ1) is 10.8. The number of benzene rings is 1. The Morgan fingerprint density at radius 2 is 2.00 bits per heavy atom. The van der Waals surface area contributed by atoms with E-state index in [0.29, 0.717) is 6.42 Å². The van der Waals surface area contributed by atoms with Crippen LogP contribution in [0, 0.1) is 0 Å². The molecule has 0 atom stereocenters. The number of aromatic nitrogens is 2. The molecule has 1 aromatic heterocycles. The van der Waals surface area contributed by atoms with E-state index in [1.54, 1.807) is 10.9 Å². The molecular weight excluding hydrogens is 292 g/mol. The number of carbonyl (C=O) groups excluding carboxylic acids is 2. The minimum Gasteiger partial charge on any atom is -0.459 e. The summed E-state index contributed by atoms with van der Waals surface area (Å²) in [4.78, 5) is 23.7. The van der Waals surface area contributed by atoms with Crippen LogP contribution in [0.4, 0.5) is 0 Å². The third kappa shape index (κ3) is 3.33. The molecule has 0 radical (unpaired) electrons. The van der Waals surface area contributed by atoms with Gasteiger partial charge in [-0.25, -0.2) is 0 Å². The summed E-state index contributed by atoms with van der Waals surface area (Å²) in [5, 5.41) is 4.24. The van der Waals surface area contributed by atoms with Crippen LogP contribution in [0.5, 0.6) is 0 Å². The molecule has 1 heterocycles. The second kappa shape index (κ2) is 5.65. The van der Waals surface area contributed by atoms with E-state index in [1.807, 2.05) is 45.2 Å². The third-order valence-electron chi connectivity index (χ3n) is 3.73. The van der Waals surface area contributed by atoms with E-state index in [4.69, 9.17) is 4.74 Å². The topological polar surface area (TPSA) is 61.2 Å². The van der Waals surface area contributed by atoms with E-state index in [1.165, 1.54) is 0 Å². The number of Topliss-reactive ketones (excluding diaryl/α,β-unsaturated/α-hetero) is 1. The molecule has 0 amide bonds. The van der Waals surface area contributed by atoms with E-state index in [0.717, 1.165) is 28.7 Å². The second-order valence-corrected chi connectivity index (χ2v) is 6.77. The van der Waals surface area contributed by atoms with Gasteiger partial charge in [-0.3, -0.25) is 14.3 Å². The van der Waals surface area contributed by atoms with E-state index in [2.05, 4.69) is 5.10 Å². The average Bonchev–Trinajstić information content (AvgIpc) is 3.04. The Balaban J connectivity index is 1.81. The molecule has 5 nitrogen and oxygen atoms in total. The molecule has 1 aliphatic rings. The minimum absolute atomic E-state index is 0.0746. The molecule has 0 aliphatic heterocycles. The number of nitrogens with zero attached hydrogens (tertiary/aromatic N) is 2. The van der Waals surface area contributed by atoms with Crippen molar-refractivity contribution < 1.29 is 14.3 Å². The molecule has 5 heteroatoms. The Kier molecular flexibility index (Phi) is 3.80. The van der Waals surface area contributed by atoms with Crippen LogP contribution in [-0.2, 0) is 22.5 Å². The normalized spacial score (nSPS) is 14.0. The number of ketones is 1. The Hall–Kier alpha value is -2.43. The molecule has 0 N–H and O–H groups in total. The zero-order valence-corrected chi connectivity index (χ0v) is 13.6. The standard InChI is InChI=1S/C18H20N2O3/c1-18(2,3)23-17(22)11-20-10-12(9-19-20)13-5-4-6-15-14(13)7-8-16(15)21/h4-6,9-10H,7-8,11H2,1-3H3. The van der Waals surface area contributed by atoms with Crippen LogP contribution < -0.4 is 0 Å². The SMILES string of the molecule is CC(C)(C)OC(=O)Cn1cc(-c2cccc3c2CCC3=O)cn1. The fourth-order valence-corrected chi connectivity index (χ4v) is 2.86. The Labute approximate surface area is 135 Å². The first kappa shape index (κ1) is 15.5. The summed E-state index contributed by atoms with van der Waals surface area (Å²) in [6.07, 6.45) is 4.88. The Morgan fingerprint density at radius 1 is 1.26 bits per heavy atom. The number of carbonyl (C=O) groups is 2. The highest BCUT2D eigenvalue weighted by Crippen LogP contribution is 2.32. The maximum atomic E-state index is 11.9. The molecule has 23 heavy (non-hydrogen) atoms. The number of esters is 1. The molecule has 0 unspecified atom stereocenters. The van der Waals surface area contributed by atoms with Gasteiger partial charge < -0.3 is 4.74 Å². The van der Waals surface area contributed by atoms with Gasteiger partial charge in [0.2, 0.25) is 0 Å². The van der Waals surface area contributed by atoms with Gasteiger partial charge in [0.1, 0.15) is 12.1 Å². The van der Waals surface area contributed by atoms with Gasteiger partial charge in [-0.1, -0.05) is 18.2 Å². The van der Waals surface area contributed by atoms with Crippen LogP contribution in [0.3, 0.4) is 0 Å². The summed E-state index contributed by atoms with van der Waals surface area (Å²) in [7, 11) is 0. The maximum Gasteiger partial charge on any atom is 0.328 e. The molecular formula is C18H20N2O3. The highest BCUT2D eigenvalue weighted by atomic mass is 16.6. The predicted molar refractivity (Wildman–Crippen MR) is 86.2 cm³/mol. The molecule has 0 spiro atoms. The van der Waals surface area contributed by atoms with Crippen LogP contribution in [-0.4, -0.2) is 27.1 Å². The van der Waals surface area contributed by atoms with Crippen molar-refractivity contribution in [1.82, 2.24) is 9.78 Å². The van der Waals surface area contributed by atoms with Gasteiger partial charge in [0.25, 0.3) is 0 Å². The number of ether oxygens (including phenoxy) is 1. The quantitative estimate of drug-likeness (QED) is 0.817. The Morgan fingerprint density at radius 3 is 2.74 bits per heavy atom. The fraction of sp³-hybridized carbons (Fsp3) is 0.389. The number of rotatable bonds is 3. The monoisotopic (exact) mass is 312 g/mol. The summed E-state index contributed by atoms with van der Waals surface area (Å²) in [6, 6.07) is 5.76. The van der Waals surface area contributed by atoms with Crippen LogP contribution in [0.25, 0.3) is 11.1 Å². The lowest BCUT2D eigenvalue weighted by Crippen LogP contribution is -2.26. The van der Waals surface area contributed by atoms with Crippen LogP contribution >= 0.6 is 0 Å². The van der Waals surface area contributed by atoms with Gasteiger partial charge in [0.05, 0.1) is 6.20 Å². The molecule has 0 saturated carbocycles. The van der Waals surface area contributed by atoms with Gasteiger partial charge in [0.15, 0.2) is 5.78 Å². The molecule has 1 aromatic carbocycles. The smallest absolute Gasteiger partial charge is 0.328 e. The van der Waals surface area contributed by atoms with Crippen molar-refractivity contribution in [2.45, 2.75) is 45.8 Å². The van der Waals surface area contributed by atoms with Crippen molar-refractivity contribution in [2.24, 2.45) is 0 Å². The van der Waals surface area contributed by atoms with Crippen molar-refractivity contribution in [3.63, 3.8) is 0 Å². The number of fused-ring (bicyclic) bond motifs is 1. The summed E-state index contributed by atoms with van der Waals surface area (Å²) in [5.41, 5.74) is 3.31. The van der Waals surface area contributed by atoms with Crippen molar-refractivity contribution in [1.29, 1.82) is 0 Å². The summed E-state index contributed by atoms with van der Waals surface area (Å²) in [6.45, 7) is 5.59. The van der Waals surface area contributed by atoms with Crippen molar-refractivity contribution in [3.05, 3.63) is 41.7 Å². The van der Waals surface area contributed by atoms with Crippen molar-refractivity contribution in [3.8, 4) is 11.1 Å². The molecule has 3 rings (SSSR count). The second-order valence-electron chi connectivity index (χ2n) is 6.77. The average molecular weight is 312 g/mol. The van der Waals surface area contributed by atoms with Gasteiger partial charge in [-0.2, -0.15) is 5.10 Å². The maximum absolute atomic E-state index is 11.9. The number of hydrogen-bond acceptors (Lipinski definition) is 4. The lowest BCUT2D eigenvalue weighted by molar-refractivity contribution is -0.155. The predicted octanol–water partition coefficient (Wildman–Crippen LogP) is 3.02. The van der Waals surface area contributed by atoms with Crippen LogP contribution in [0.1, 0.15) is 43.1 Å². The molecule has 0 saturated heterocycles. The molecule has 2 aromatic rings. The van der Waals surface area contributed by atoms with Gasteiger partial charge in [0, 0.05) is 23.7 Å². The molecule has 0 fully saturated rings.